The lowest BCUT2D eigenvalue weighted by Gasteiger charge is -2.12. The number of aliphatic hydroxyl groups is 1. The zero-order valence-corrected chi connectivity index (χ0v) is 11.4. The maximum atomic E-state index is 11.3. The molecule has 0 saturated carbocycles. The Hall–Kier alpha value is -1.26. The van der Waals surface area contributed by atoms with E-state index < -0.39 is 0 Å². The van der Waals surface area contributed by atoms with Crippen molar-refractivity contribution in [3.05, 3.63) is 28.8 Å². The number of hydrogen-bond donors (Lipinski definition) is 1. The average molecular weight is 272 g/mol. The highest BCUT2D eigenvalue weighted by molar-refractivity contribution is 6.30. The summed E-state index contributed by atoms with van der Waals surface area (Å²) in [6, 6.07) is 5.10. The minimum atomic E-state index is -0.119. The molecular formula is C13H18ClNO3. The molecule has 1 amide bonds. The van der Waals surface area contributed by atoms with Gasteiger partial charge in [-0.15, -0.1) is 0 Å². The quantitative estimate of drug-likeness (QED) is 0.806. The highest BCUT2D eigenvalue weighted by atomic mass is 35.5. The number of rotatable bonds is 6. The fourth-order valence-corrected chi connectivity index (χ4v) is 1.64. The molecule has 1 aromatic carbocycles. The topological polar surface area (TPSA) is 49.8 Å². The molecule has 1 N–H and O–H groups in total. The second kappa shape index (κ2) is 7.24. The van der Waals surface area contributed by atoms with Crippen LogP contribution in [0.4, 0.5) is 0 Å². The van der Waals surface area contributed by atoms with Gasteiger partial charge in [0.2, 0.25) is 5.91 Å². The number of ether oxygens (including phenoxy) is 1. The van der Waals surface area contributed by atoms with Crippen LogP contribution >= 0.6 is 11.6 Å². The van der Waals surface area contributed by atoms with Crippen LogP contribution in [-0.2, 0) is 11.4 Å². The molecule has 18 heavy (non-hydrogen) atoms. The number of carbonyl (C=O) groups excluding carboxylic acids is 1. The van der Waals surface area contributed by atoms with Crippen molar-refractivity contribution < 1.29 is 14.6 Å². The van der Waals surface area contributed by atoms with Crippen molar-refractivity contribution in [1.29, 1.82) is 0 Å². The van der Waals surface area contributed by atoms with E-state index in [-0.39, 0.29) is 12.5 Å². The van der Waals surface area contributed by atoms with Gasteiger partial charge >= 0.3 is 0 Å². The molecule has 5 heteroatoms. The lowest BCUT2D eigenvalue weighted by atomic mass is 10.2. The predicted octanol–water partition coefficient (Wildman–Crippen LogP) is 2.08. The Morgan fingerprint density at radius 1 is 1.44 bits per heavy atom. The Balaban J connectivity index is 2.42. The van der Waals surface area contributed by atoms with E-state index in [9.17, 15) is 4.79 Å². The van der Waals surface area contributed by atoms with E-state index in [0.717, 1.165) is 0 Å². The molecule has 0 bridgehead atoms. The van der Waals surface area contributed by atoms with Gasteiger partial charge in [-0.3, -0.25) is 4.79 Å². The van der Waals surface area contributed by atoms with Crippen molar-refractivity contribution in [3.8, 4) is 5.75 Å². The van der Waals surface area contributed by atoms with E-state index in [4.69, 9.17) is 21.4 Å². The molecule has 0 heterocycles. The molecular weight excluding hydrogens is 254 g/mol. The van der Waals surface area contributed by atoms with E-state index in [1.165, 1.54) is 0 Å². The third kappa shape index (κ3) is 4.55. The van der Waals surface area contributed by atoms with Gasteiger partial charge in [0.05, 0.1) is 13.2 Å². The van der Waals surface area contributed by atoms with Crippen LogP contribution in [0.25, 0.3) is 0 Å². The molecule has 1 rings (SSSR count). The van der Waals surface area contributed by atoms with Gasteiger partial charge in [0.25, 0.3) is 0 Å². The van der Waals surface area contributed by atoms with Crippen LogP contribution < -0.4 is 4.74 Å². The molecule has 0 aliphatic rings. The number of amides is 1. The molecule has 0 unspecified atom stereocenters. The van der Waals surface area contributed by atoms with E-state index in [0.29, 0.717) is 35.8 Å². The zero-order chi connectivity index (χ0) is 13.5. The number of aliphatic hydroxyl groups excluding tert-OH is 1. The second-order valence-corrected chi connectivity index (χ2v) is 4.59. The lowest BCUT2D eigenvalue weighted by molar-refractivity contribution is -0.128. The van der Waals surface area contributed by atoms with Crippen LogP contribution in [0, 0.1) is 0 Å². The third-order valence-electron chi connectivity index (χ3n) is 2.48. The van der Waals surface area contributed by atoms with Gasteiger partial charge in [0.15, 0.2) is 0 Å². The van der Waals surface area contributed by atoms with Crippen molar-refractivity contribution >= 4 is 17.5 Å². The van der Waals surface area contributed by atoms with Crippen molar-refractivity contribution in [2.75, 3.05) is 20.7 Å². The smallest absolute Gasteiger partial charge is 0.222 e. The Kier molecular flexibility index (Phi) is 5.95. The normalized spacial score (nSPS) is 10.2. The molecule has 0 aliphatic carbocycles. The van der Waals surface area contributed by atoms with Crippen molar-refractivity contribution in [3.63, 3.8) is 0 Å². The van der Waals surface area contributed by atoms with Crippen molar-refractivity contribution in [2.45, 2.75) is 19.4 Å². The Morgan fingerprint density at radius 2 is 2.17 bits per heavy atom. The lowest BCUT2D eigenvalue weighted by Crippen LogP contribution is -2.21. The number of hydrogen-bond acceptors (Lipinski definition) is 3. The van der Waals surface area contributed by atoms with Gasteiger partial charge in [-0.25, -0.2) is 0 Å². The van der Waals surface area contributed by atoms with E-state index in [1.54, 1.807) is 37.2 Å². The van der Waals surface area contributed by atoms with Crippen LogP contribution in [0.5, 0.6) is 5.75 Å². The summed E-state index contributed by atoms with van der Waals surface area (Å²) in [4.78, 5) is 12.9. The summed E-state index contributed by atoms with van der Waals surface area (Å²) < 4.78 is 5.52. The molecule has 4 nitrogen and oxygen atoms in total. The fourth-order valence-electron chi connectivity index (χ4n) is 1.44. The molecule has 1 aromatic rings. The van der Waals surface area contributed by atoms with E-state index in [1.807, 2.05) is 0 Å². The van der Waals surface area contributed by atoms with Crippen LogP contribution in [0.2, 0.25) is 5.02 Å². The monoisotopic (exact) mass is 271 g/mol. The summed E-state index contributed by atoms with van der Waals surface area (Å²) in [7, 11) is 3.46. The molecule has 0 aliphatic heterocycles. The summed E-state index contributed by atoms with van der Waals surface area (Å²) in [6.45, 7) is 0.320. The Morgan fingerprint density at radius 3 is 2.78 bits per heavy atom. The summed E-state index contributed by atoms with van der Waals surface area (Å²) in [5, 5.41) is 9.73. The maximum Gasteiger partial charge on any atom is 0.222 e. The number of benzene rings is 1. The van der Waals surface area contributed by atoms with Crippen molar-refractivity contribution in [1.82, 2.24) is 4.90 Å². The van der Waals surface area contributed by atoms with E-state index >= 15 is 0 Å². The number of nitrogens with zero attached hydrogens (tertiary/aromatic N) is 1. The SMILES string of the molecule is CN(C)C(=O)CCCOc1ccc(Cl)cc1CO. The van der Waals surface area contributed by atoms with Crippen LogP contribution in [0.1, 0.15) is 18.4 Å². The highest BCUT2D eigenvalue weighted by Crippen LogP contribution is 2.23. The van der Waals surface area contributed by atoms with Gasteiger partial charge in [-0.2, -0.15) is 0 Å². The maximum absolute atomic E-state index is 11.3. The van der Waals surface area contributed by atoms with Gasteiger partial charge in [0, 0.05) is 31.1 Å². The van der Waals surface area contributed by atoms with Crippen LogP contribution in [0.3, 0.4) is 0 Å². The molecule has 0 aromatic heterocycles. The molecule has 100 valence electrons. The number of carbonyl (C=O) groups is 1. The van der Waals surface area contributed by atoms with Gasteiger partial charge in [-0.1, -0.05) is 11.6 Å². The van der Waals surface area contributed by atoms with Crippen LogP contribution in [0.15, 0.2) is 18.2 Å². The largest absolute Gasteiger partial charge is 0.493 e. The van der Waals surface area contributed by atoms with Crippen LogP contribution in [-0.4, -0.2) is 36.6 Å². The highest BCUT2D eigenvalue weighted by Gasteiger charge is 2.06. The van der Waals surface area contributed by atoms with Gasteiger partial charge in [-0.05, 0) is 24.6 Å². The first-order valence-electron chi connectivity index (χ1n) is 5.77. The first-order valence-corrected chi connectivity index (χ1v) is 6.14. The molecule has 0 saturated heterocycles. The first-order chi connectivity index (χ1) is 8.54. The minimum Gasteiger partial charge on any atom is -0.493 e. The van der Waals surface area contributed by atoms with Crippen molar-refractivity contribution in [2.24, 2.45) is 0 Å². The zero-order valence-electron chi connectivity index (χ0n) is 10.6. The second-order valence-electron chi connectivity index (χ2n) is 4.15. The van der Waals surface area contributed by atoms with Gasteiger partial charge in [0.1, 0.15) is 5.75 Å². The fraction of sp³-hybridized carbons (Fsp3) is 0.462. The third-order valence-corrected chi connectivity index (χ3v) is 2.72. The summed E-state index contributed by atoms with van der Waals surface area (Å²) in [6.07, 6.45) is 1.10. The minimum absolute atomic E-state index is 0.0806. The average Bonchev–Trinajstić information content (AvgIpc) is 2.35. The molecule has 0 spiro atoms. The molecule has 0 radical (unpaired) electrons. The Labute approximate surface area is 112 Å². The predicted molar refractivity (Wildman–Crippen MR) is 70.8 cm³/mol. The molecule has 0 fully saturated rings. The summed E-state index contributed by atoms with van der Waals surface area (Å²) in [5.41, 5.74) is 0.654. The first kappa shape index (κ1) is 14.8. The molecule has 0 atom stereocenters. The standard InChI is InChI=1S/C13H18ClNO3/c1-15(2)13(17)4-3-7-18-12-6-5-11(14)8-10(12)9-16/h5-6,8,16H,3-4,7,9H2,1-2H3. The summed E-state index contributed by atoms with van der Waals surface area (Å²) >= 11 is 5.82. The Bertz CT molecular complexity index is 407. The number of halogens is 1. The van der Waals surface area contributed by atoms with Gasteiger partial charge < -0.3 is 14.7 Å². The van der Waals surface area contributed by atoms with E-state index in [2.05, 4.69) is 0 Å². The summed E-state index contributed by atoms with van der Waals surface area (Å²) in [5.74, 6) is 0.691.